The Labute approximate surface area is 148 Å². The van der Waals surface area contributed by atoms with E-state index in [4.69, 9.17) is 11.6 Å². The van der Waals surface area contributed by atoms with Crippen LogP contribution in [-0.4, -0.2) is 50.9 Å². The zero-order chi connectivity index (χ0) is 17.4. The molecule has 0 aromatic heterocycles. The first-order chi connectivity index (χ1) is 11.3. The number of sulfone groups is 1. The summed E-state index contributed by atoms with van der Waals surface area (Å²) in [6, 6.07) is 7.47. The predicted molar refractivity (Wildman–Crippen MR) is 94.8 cm³/mol. The lowest BCUT2D eigenvalue weighted by Gasteiger charge is -2.37. The molecule has 24 heavy (non-hydrogen) atoms. The number of hydrogen-bond acceptors (Lipinski definition) is 4. The summed E-state index contributed by atoms with van der Waals surface area (Å²) in [6.07, 6.45) is 3.18. The fourth-order valence-corrected chi connectivity index (χ4v) is 5.32. The summed E-state index contributed by atoms with van der Waals surface area (Å²) in [4.78, 5) is 14.8. The number of carbonyl (C=O) groups is 1. The van der Waals surface area contributed by atoms with Crippen LogP contribution < -0.4 is 5.32 Å². The average Bonchev–Trinajstić information content (AvgIpc) is 3.24. The maximum atomic E-state index is 12.9. The molecular formula is C17H23ClN2O3S. The van der Waals surface area contributed by atoms with Gasteiger partial charge >= 0.3 is 0 Å². The molecule has 7 heteroatoms. The lowest BCUT2D eigenvalue weighted by atomic mass is 9.99. The van der Waals surface area contributed by atoms with Gasteiger partial charge in [-0.2, -0.15) is 0 Å². The highest BCUT2D eigenvalue weighted by Gasteiger charge is 2.48. The minimum Gasteiger partial charge on any atom is -0.333 e. The van der Waals surface area contributed by atoms with Gasteiger partial charge in [0.25, 0.3) is 0 Å². The third kappa shape index (κ3) is 4.10. The zero-order valence-electron chi connectivity index (χ0n) is 13.8. The fourth-order valence-electron chi connectivity index (χ4n) is 3.55. The second kappa shape index (κ2) is 6.65. The minimum atomic E-state index is -3.07. The largest absolute Gasteiger partial charge is 0.333 e. The smallest absolute Gasteiger partial charge is 0.223 e. The van der Waals surface area contributed by atoms with Crippen LogP contribution in [0.4, 0.5) is 0 Å². The standard InChI is InChI=1S/C17H23ClN2O3S/c1-24(22,23)12-17(6-7-17)10-16(21)20-9-8-19-11-15(20)13-4-2-3-5-14(13)18/h2-5,15,19H,6-12H2,1H3. The number of amides is 1. The van der Waals surface area contributed by atoms with Crippen LogP contribution in [0.15, 0.2) is 24.3 Å². The van der Waals surface area contributed by atoms with E-state index < -0.39 is 9.84 Å². The molecule has 1 unspecified atom stereocenters. The van der Waals surface area contributed by atoms with Crippen molar-refractivity contribution in [2.75, 3.05) is 31.6 Å². The molecule has 2 aliphatic rings. The van der Waals surface area contributed by atoms with Gasteiger partial charge in [-0.3, -0.25) is 4.79 Å². The molecule has 1 aliphatic carbocycles. The molecule has 0 bridgehead atoms. The summed E-state index contributed by atoms with van der Waals surface area (Å²) in [7, 11) is -3.07. The van der Waals surface area contributed by atoms with Crippen LogP contribution in [-0.2, 0) is 14.6 Å². The lowest BCUT2D eigenvalue weighted by Crippen LogP contribution is -2.49. The first-order valence-electron chi connectivity index (χ1n) is 8.22. The number of nitrogens with one attached hydrogen (secondary N) is 1. The first kappa shape index (κ1) is 17.7. The van der Waals surface area contributed by atoms with E-state index in [1.807, 2.05) is 29.2 Å². The molecule has 1 amide bonds. The van der Waals surface area contributed by atoms with Crippen LogP contribution >= 0.6 is 11.6 Å². The van der Waals surface area contributed by atoms with Gasteiger partial charge < -0.3 is 10.2 Å². The lowest BCUT2D eigenvalue weighted by molar-refractivity contribution is -0.135. The molecule has 1 aromatic rings. The van der Waals surface area contributed by atoms with Gasteiger partial charge in [0.15, 0.2) is 0 Å². The van der Waals surface area contributed by atoms with Crippen molar-refractivity contribution in [3.63, 3.8) is 0 Å². The van der Waals surface area contributed by atoms with E-state index in [1.165, 1.54) is 6.26 Å². The Bertz CT molecular complexity index is 731. The number of hydrogen-bond donors (Lipinski definition) is 1. The van der Waals surface area contributed by atoms with Gasteiger partial charge in [-0.15, -0.1) is 0 Å². The van der Waals surface area contributed by atoms with Gasteiger partial charge in [-0.1, -0.05) is 29.8 Å². The molecule has 2 fully saturated rings. The van der Waals surface area contributed by atoms with E-state index in [0.29, 0.717) is 24.5 Å². The average molecular weight is 371 g/mol. The minimum absolute atomic E-state index is 0.0302. The number of carbonyl (C=O) groups excluding carboxylic acids is 1. The SMILES string of the molecule is CS(=O)(=O)CC1(CC(=O)N2CCNCC2c2ccccc2Cl)CC1. The molecular weight excluding hydrogens is 348 g/mol. The Morgan fingerprint density at radius 2 is 2.08 bits per heavy atom. The van der Waals surface area contributed by atoms with E-state index in [-0.39, 0.29) is 23.1 Å². The predicted octanol–water partition coefficient (Wildman–Crippen LogP) is 2.03. The van der Waals surface area contributed by atoms with Crippen LogP contribution in [0.3, 0.4) is 0 Å². The van der Waals surface area contributed by atoms with Crippen molar-refractivity contribution in [2.45, 2.75) is 25.3 Å². The van der Waals surface area contributed by atoms with E-state index >= 15 is 0 Å². The number of benzene rings is 1. The maximum Gasteiger partial charge on any atom is 0.223 e. The molecule has 1 aromatic carbocycles. The normalized spacial score (nSPS) is 23.1. The van der Waals surface area contributed by atoms with Crippen LogP contribution in [0.25, 0.3) is 0 Å². The summed E-state index contributed by atoms with van der Waals surface area (Å²) in [5, 5.41) is 3.97. The molecule has 132 valence electrons. The van der Waals surface area contributed by atoms with Crippen molar-refractivity contribution < 1.29 is 13.2 Å². The highest BCUT2D eigenvalue weighted by molar-refractivity contribution is 7.90. The molecule has 1 N–H and O–H groups in total. The Kier molecular flexibility index (Phi) is 4.91. The first-order valence-corrected chi connectivity index (χ1v) is 10.7. The molecule has 5 nitrogen and oxygen atoms in total. The van der Waals surface area contributed by atoms with Gasteiger partial charge in [0.05, 0.1) is 11.8 Å². The van der Waals surface area contributed by atoms with Crippen molar-refractivity contribution >= 4 is 27.3 Å². The van der Waals surface area contributed by atoms with Crippen LogP contribution in [0.2, 0.25) is 5.02 Å². The summed E-state index contributed by atoms with van der Waals surface area (Å²) in [5.41, 5.74) is 0.591. The highest BCUT2D eigenvalue weighted by Crippen LogP contribution is 2.50. The van der Waals surface area contributed by atoms with Gasteiger partial charge in [-0.25, -0.2) is 8.42 Å². The van der Waals surface area contributed by atoms with Crippen LogP contribution in [0, 0.1) is 5.41 Å². The van der Waals surface area contributed by atoms with Crippen molar-refractivity contribution in [3.05, 3.63) is 34.9 Å². The molecule has 3 rings (SSSR count). The van der Waals surface area contributed by atoms with Crippen molar-refractivity contribution in [3.8, 4) is 0 Å². The summed E-state index contributed by atoms with van der Waals surface area (Å²) in [6.45, 7) is 2.02. The number of piperazine rings is 1. The Hall–Kier alpha value is -1.11. The second-order valence-corrected chi connectivity index (χ2v) is 9.62. The Morgan fingerprint density at radius 1 is 1.38 bits per heavy atom. The fraction of sp³-hybridized carbons (Fsp3) is 0.588. The van der Waals surface area contributed by atoms with Crippen molar-refractivity contribution in [1.29, 1.82) is 0 Å². The molecule has 0 radical (unpaired) electrons. The van der Waals surface area contributed by atoms with Crippen molar-refractivity contribution in [2.24, 2.45) is 5.41 Å². The molecule has 0 spiro atoms. The van der Waals surface area contributed by atoms with Crippen molar-refractivity contribution in [1.82, 2.24) is 10.2 Å². The zero-order valence-corrected chi connectivity index (χ0v) is 15.4. The molecule has 1 heterocycles. The summed E-state index contributed by atoms with van der Waals surface area (Å²) >= 11 is 6.32. The van der Waals surface area contributed by atoms with E-state index in [1.54, 1.807) is 0 Å². The number of halogens is 1. The maximum absolute atomic E-state index is 12.9. The number of rotatable bonds is 5. The van der Waals surface area contributed by atoms with Gasteiger partial charge in [-0.05, 0) is 29.9 Å². The van der Waals surface area contributed by atoms with Crippen LogP contribution in [0.5, 0.6) is 0 Å². The van der Waals surface area contributed by atoms with Gasteiger partial charge in [0.2, 0.25) is 5.91 Å². The summed E-state index contributed by atoms with van der Waals surface area (Å²) < 4.78 is 23.2. The Balaban J connectivity index is 1.76. The highest BCUT2D eigenvalue weighted by atomic mass is 35.5. The quantitative estimate of drug-likeness (QED) is 0.861. The Morgan fingerprint density at radius 3 is 2.71 bits per heavy atom. The second-order valence-electron chi connectivity index (χ2n) is 7.08. The monoisotopic (exact) mass is 370 g/mol. The molecule has 1 atom stereocenters. The van der Waals surface area contributed by atoms with E-state index in [9.17, 15) is 13.2 Å². The third-order valence-electron chi connectivity index (χ3n) is 4.88. The molecule has 1 saturated heterocycles. The van der Waals surface area contributed by atoms with E-state index in [2.05, 4.69) is 5.32 Å². The molecule has 1 saturated carbocycles. The van der Waals surface area contributed by atoms with E-state index in [0.717, 1.165) is 24.9 Å². The van der Waals surface area contributed by atoms with Crippen LogP contribution in [0.1, 0.15) is 30.9 Å². The summed E-state index contributed by atoms with van der Waals surface area (Å²) in [5.74, 6) is 0.136. The topological polar surface area (TPSA) is 66.5 Å². The van der Waals surface area contributed by atoms with Gasteiger partial charge in [0.1, 0.15) is 9.84 Å². The molecule has 1 aliphatic heterocycles. The van der Waals surface area contributed by atoms with Gasteiger partial charge in [0, 0.05) is 37.3 Å². The third-order valence-corrected chi connectivity index (χ3v) is 6.36. The number of nitrogens with zero attached hydrogens (tertiary/aromatic N) is 1.